The fraction of sp³-hybridized carbons (Fsp3) is 0.133. The molecule has 0 bridgehead atoms. The fourth-order valence-electron chi connectivity index (χ4n) is 1.93. The van der Waals surface area contributed by atoms with Crippen molar-refractivity contribution in [2.45, 2.75) is 12.6 Å². The van der Waals surface area contributed by atoms with Crippen LogP contribution in [-0.4, -0.2) is 23.0 Å². The van der Waals surface area contributed by atoms with Gasteiger partial charge in [-0.1, -0.05) is 16.8 Å². The van der Waals surface area contributed by atoms with E-state index in [1.807, 2.05) is 12.1 Å². The number of azo groups is 1. The zero-order valence-electron chi connectivity index (χ0n) is 11.8. The summed E-state index contributed by atoms with van der Waals surface area (Å²) in [5.41, 5.74) is 1.40. The zero-order valence-corrected chi connectivity index (χ0v) is 12.5. The van der Waals surface area contributed by atoms with E-state index in [0.29, 0.717) is 16.5 Å². The standard InChI is InChI=1S/C15H11ClN4O3/c16-10-3-1-9(2-4-10)13-7-11(20-23-13)8-17-15(22)12-5-6-14(21)19-18-12/h1-7,12H,8H2,(H,17,22). The van der Waals surface area contributed by atoms with Crippen molar-refractivity contribution in [2.75, 3.05) is 0 Å². The van der Waals surface area contributed by atoms with E-state index in [1.54, 1.807) is 18.2 Å². The Balaban J connectivity index is 1.60. The number of hydrogen-bond donors (Lipinski definition) is 1. The van der Waals surface area contributed by atoms with E-state index in [9.17, 15) is 9.59 Å². The van der Waals surface area contributed by atoms with Gasteiger partial charge in [-0.15, -0.1) is 5.11 Å². The van der Waals surface area contributed by atoms with Crippen molar-refractivity contribution in [3.63, 3.8) is 0 Å². The van der Waals surface area contributed by atoms with Crippen LogP contribution in [0.5, 0.6) is 0 Å². The van der Waals surface area contributed by atoms with E-state index >= 15 is 0 Å². The number of nitrogens with one attached hydrogen (secondary N) is 1. The predicted molar refractivity (Wildman–Crippen MR) is 81.6 cm³/mol. The Morgan fingerprint density at radius 1 is 1.30 bits per heavy atom. The second kappa shape index (κ2) is 6.53. The van der Waals surface area contributed by atoms with Gasteiger partial charge >= 0.3 is 0 Å². The molecule has 1 unspecified atom stereocenters. The molecule has 0 radical (unpaired) electrons. The van der Waals surface area contributed by atoms with E-state index in [2.05, 4.69) is 20.7 Å². The van der Waals surface area contributed by atoms with Crippen LogP contribution in [-0.2, 0) is 16.1 Å². The maximum absolute atomic E-state index is 11.9. The minimum absolute atomic E-state index is 0.184. The minimum Gasteiger partial charge on any atom is -0.356 e. The van der Waals surface area contributed by atoms with E-state index in [4.69, 9.17) is 16.1 Å². The number of hydrogen-bond acceptors (Lipinski definition) is 5. The average Bonchev–Trinajstić information content (AvgIpc) is 3.03. The molecule has 1 aliphatic heterocycles. The Morgan fingerprint density at radius 3 is 2.78 bits per heavy atom. The number of aromatic nitrogens is 1. The topological polar surface area (TPSA) is 96.9 Å². The summed E-state index contributed by atoms with van der Waals surface area (Å²) in [6, 6.07) is 8.07. The molecular formula is C15H11ClN4O3. The summed E-state index contributed by atoms with van der Waals surface area (Å²) in [4.78, 5) is 22.8. The summed E-state index contributed by atoms with van der Waals surface area (Å²) >= 11 is 5.83. The largest absolute Gasteiger partial charge is 0.356 e. The van der Waals surface area contributed by atoms with Gasteiger partial charge in [0.15, 0.2) is 11.8 Å². The second-order valence-electron chi connectivity index (χ2n) is 4.76. The Morgan fingerprint density at radius 2 is 2.09 bits per heavy atom. The van der Waals surface area contributed by atoms with Gasteiger partial charge in [-0.2, -0.15) is 5.11 Å². The Bertz CT molecular complexity index is 779. The highest BCUT2D eigenvalue weighted by Crippen LogP contribution is 2.22. The lowest BCUT2D eigenvalue weighted by atomic mass is 10.1. The second-order valence-corrected chi connectivity index (χ2v) is 5.20. The normalized spacial score (nSPS) is 16.6. The molecule has 116 valence electrons. The molecule has 7 nitrogen and oxygen atoms in total. The third-order valence-electron chi connectivity index (χ3n) is 3.10. The van der Waals surface area contributed by atoms with Gasteiger partial charge in [0.05, 0.1) is 6.54 Å². The van der Waals surface area contributed by atoms with Crippen molar-refractivity contribution in [3.8, 4) is 11.3 Å². The van der Waals surface area contributed by atoms with E-state index in [-0.39, 0.29) is 12.5 Å². The fourth-order valence-corrected chi connectivity index (χ4v) is 2.06. The van der Waals surface area contributed by atoms with Gasteiger partial charge in [-0.3, -0.25) is 9.59 Å². The van der Waals surface area contributed by atoms with Crippen molar-refractivity contribution in [1.82, 2.24) is 10.5 Å². The molecule has 1 N–H and O–H groups in total. The van der Waals surface area contributed by atoms with E-state index in [1.165, 1.54) is 12.2 Å². The number of benzene rings is 1. The quantitative estimate of drug-likeness (QED) is 0.931. The highest BCUT2D eigenvalue weighted by atomic mass is 35.5. The Labute approximate surface area is 136 Å². The molecule has 8 heteroatoms. The monoisotopic (exact) mass is 330 g/mol. The van der Waals surface area contributed by atoms with Crippen LogP contribution in [0.4, 0.5) is 0 Å². The zero-order chi connectivity index (χ0) is 16.2. The first-order valence-corrected chi connectivity index (χ1v) is 7.12. The van der Waals surface area contributed by atoms with Crippen LogP contribution in [0.15, 0.2) is 57.2 Å². The number of nitrogens with zero attached hydrogens (tertiary/aromatic N) is 3. The summed E-state index contributed by atoms with van der Waals surface area (Å²) < 4.78 is 5.24. The SMILES string of the molecule is O=C1C=CC(C(=O)NCc2cc(-c3ccc(Cl)cc3)on2)N=N1. The van der Waals surface area contributed by atoms with Gasteiger partial charge < -0.3 is 9.84 Å². The van der Waals surface area contributed by atoms with Crippen molar-refractivity contribution in [1.29, 1.82) is 0 Å². The molecule has 2 heterocycles. The molecule has 0 spiro atoms. The lowest BCUT2D eigenvalue weighted by Crippen LogP contribution is -2.32. The molecule has 2 amide bonds. The lowest BCUT2D eigenvalue weighted by Gasteiger charge is -2.08. The molecule has 23 heavy (non-hydrogen) atoms. The van der Waals surface area contributed by atoms with E-state index in [0.717, 1.165) is 5.56 Å². The first-order chi connectivity index (χ1) is 11.1. The lowest BCUT2D eigenvalue weighted by molar-refractivity contribution is -0.121. The van der Waals surface area contributed by atoms with Crippen LogP contribution in [0.25, 0.3) is 11.3 Å². The van der Waals surface area contributed by atoms with Gasteiger partial charge in [0.1, 0.15) is 5.69 Å². The number of halogens is 1. The molecule has 1 aromatic carbocycles. The number of carbonyl (C=O) groups excluding carboxylic acids is 2. The highest BCUT2D eigenvalue weighted by molar-refractivity contribution is 6.30. The van der Waals surface area contributed by atoms with Gasteiger partial charge in [0.2, 0.25) is 0 Å². The van der Waals surface area contributed by atoms with Crippen LogP contribution in [0.3, 0.4) is 0 Å². The van der Waals surface area contributed by atoms with Crippen LogP contribution in [0.1, 0.15) is 5.69 Å². The van der Waals surface area contributed by atoms with Gasteiger partial charge in [-0.25, -0.2) is 0 Å². The minimum atomic E-state index is -0.796. The van der Waals surface area contributed by atoms with Gasteiger partial charge in [0.25, 0.3) is 11.8 Å². The van der Waals surface area contributed by atoms with Crippen molar-refractivity contribution in [2.24, 2.45) is 10.2 Å². The predicted octanol–water partition coefficient (Wildman–Crippen LogP) is 2.53. The van der Waals surface area contributed by atoms with Crippen LogP contribution in [0.2, 0.25) is 5.02 Å². The van der Waals surface area contributed by atoms with Crippen LogP contribution >= 0.6 is 11.6 Å². The smallest absolute Gasteiger partial charge is 0.287 e. The summed E-state index contributed by atoms with van der Waals surface area (Å²) in [6.07, 6.45) is 2.61. The third kappa shape index (κ3) is 3.70. The average molecular weight is 331 g/mol. The van der Waals surface area contributed by atoms with Crippen LogP contribution < -0.4 is 5.32 Å². The molecule has 0 saturated carbocycles. The highest BCUT2D eigenvalue weighted by Gasteiger charge is 2.18. The summed E-state index contributed by atoms with van der Waals surface area (Å²) in [5.74, 6) is -0.263. The van der Waals surface area contributed by atoms with E-state index < -0.39 is 11.9 Å². The molecule has 0 fully saturated rings. The van der Waals surface area contributed by atoms with Crippen molar-refractivity contribution < 1.29 is 14.1 Å². The van der Waals surface area contributed by atoms with Crippen LogP contribution in [0, 0.1) is 0 Å². The first kappa shape index (κ1) is 15.1. The molecule has 3 rings (SSSR count). The Hall–Kier alpha value is -2.80. The van der Waals surface area contributed by atoms with Crippen molar-refractivity contribution >= 4 is 23.4 Å². The number of carbonyl (C=O) groups is 2. The summed E-state index contributed by atoms with van der Waals surface area (Å²) in [5, 5.41) is 14.1. The maximum Gasteiger partial charge on any atom is 0.287 e. The molecule has 1 aromatic heterocycles. The molecule has 1 atom stereocenters. The Kier molecular flexibility index (Phi) is 4.29. The van der Waals surface area contributed by atoms with Gasteiger partial charge in [-0.05, 0) is 30.3 Å². The first-order valence-electron chi connectivity index (χ1n) is 6.74. The third-order valence-corrected chi connectivity index (χ3v) is 3.35. The molecule has 0 saturated heterocycles. The number of rotatable bonds is 4. The van der Waals surface area contributed by atoms with Gasteiger partial charge in [0, 0.05) is 22.7 Å². The summed E-state index contributed by atoms with van der Waals surface area (Å²) in [7, 11) is 0. The molecule has 1 aliphatic rings. The molecule has 0 aliphatic carbocycles. The molecular weight excluding hydrogens is 320 g/mol. The molecule has 2 aromatic rings. The maximum atomic E-state index is 11.9. The summed E-state index contributed by atoms with van der Waals surface area (Å²) in [6.45, 7) is 0.184. The van der Waals surface area contributed by atoms with Crippen molar-refractivity contribution in [3.05, 3.63) is 53.2 Å². The number of amides is 2.